The van der Waals surface area contributed by atoms with Crippen molar-refractivity contribution in [3.8, 4) is 5.75 Å². The summed E-state index contributed by atoms with van der Waals surface area (Å²) in [5.41, 5.74) is 3.50. The topological polar surface area (TPSA) is 38.3 Å². The van der Waals surface area contributed by atoms with Gasteiger partial charge >= 0.3 is 0 Å². The Hall–Kier alpha value is -2.29. The highest BCUT2D eigenvalue weighted by Crippen LogP contribution is 2.19. The maximum atomic E-state index is 11.8. The van der Waals surface area contributed by atoms with Gasteiger partial charge in [0.2, 0.25) is 0 Å². The number of benzene rings is 2. The summed E-state index contributed by atoms with van der Waals surface area (Å²) in [6.07, 6.45) is 0. The molecule has 2 rings (SSSR count). The zero-order chi connectivity index (χ0) is 15.9. The van der Waals surface area contributed by atoms with Crippen LogP contribution >= 0.6 is 0 Å². The fraction of sp³-hybridized carbons (Fsp3) is 0.316. The molecule has 22 heavy (non-hydrogen) atoms. The minimum absolute atomic E-state index is 0.0351. The fourth-order valence-corrected chi connectivity index (χ4v) is 2.07. The summed E-state index contributed by atoms with van der Waals surface area (Å²) in [4.78, 5) is 11.8. The lowest BCUT2D eigenvalue weighted by Crippen LogP contribution is -2.28. The number of nitrogens with one attached hydrogen (secondary N) is 1. The molecular formula is C19H23NO2. The van der Waals surface area contributed by atoms with Gasteiger partial charge in [0.25, 0.3) is 5.91 Å². The van der Waals surface area contributed by atoms with Crippen molar-refractivity contribution in [1.29, 1.82) is 0 Å². The third-order valence-electron chi connectivity index (χ3n) is 3.50. The molecule has 1 N–H and O–H groups in total. The molecule has 0 radical (unpaired) electrons. The Morgan fingerprint density at radius 2 is 1.86 bits per heavy atom. The molecule has 116 valence electrons. The van der Waals surface area contributed by atoms with Crippen LogP contribution in [0.2, 0.25) is 0 Å². The first-order valence-corrected chi connectivity index (χ1v) is 7.59. The standard InChI is InChI=1S/C19H23NO2/c1-14(2)17-5-4-6-18(11-17)22-13-19(21)20-12-16-9-7-15(3)8-10-16/h4-11,14H,12-13H2,1-3H3,(H,20,21). The maximum absolute atomic E-state index is 11.8. The van der Waals surface area contributed by atoms with E-state index >= 15 is 0 Å². The molecule has 3 heteroatoms. The molecule has 3 nitrogen and oxygen atoms in total. The minimum atomic E-state index is -0.115. The molecule has 0 spiro atoms. The highest BCUT2D eigenvalue weighted by atomic mass is 16.5. The molecule has 0 aromatic heterocycles. The predicted molar refractivity (Wildman–Crippen MR) is 89.1 cm³/mol. The quantitative estimate of drug-likeness (QED) is 0.880. The van der Waals surface area contributed by atoms with E-state index in [4.69, 9.17) is 4.74 Å². The molecule has 2 aromatic carbocycles. The first-order valence-electron chi connectivity index (χ1n) is 7.59. The van der Waals surface area contributed by atoms with Gasteiger partial charge in [-0.1, -0.05) is 55.8 Å². The molecule has 0 aliphatic heterocycles. The van der Waals surface area contributed by atoms with E-state index in [0.717, 1.165) is 11.3 Å². The summed E-state index contributed by atoms with van der Waals surface area (Å²) < 4.78 is 5.55. The van der Waals surface area contributed by atoms with Gasteiger partial charge in [0.05, 0.1) is 0 Å². The lowest BCUT2D eigenvalue weighted by Gasteiger charge is -2.10. The molecule has 2 aromatic rings. The Kier molecular flexibility index (Phi) is 5.59. The van der Waals surface area contributed by atoms with Gasteiger partial charge in [0.1, 0.15) is 5.75 Å². The third kappa shape index (κ3) is 4.92. The van der Waals surface area contributed by atoms with E-state index in [1.165, 1.54) is 11.1 Å². The smallest absolute Gasteiger partial charge is 0.258 e. The van der Waals surface area contributed by atoms with Crippen LogP contribution in [0.4, 0.5) is 0 Å². The Balaban J connectivity index is 1.80. The number of hydrogen-bond donors (Lipinski definition) is 1. The molecule has 0 atom stereocenters. The Bertz CT molecular complexity index is 618. The number of aryl methyl sites for hydroxylation is 1. The number of carbonyl (C=O) groups excluding carboxylic acids is 1. The van der Waals surface area contributed by atoms with Crippen molar-refractivity contribution in [3.63, 3.8) is 0 Å². The monoisotopic (exact) mass is 297 g/mol. The second-order valence-corrected chi connectivity index (χ2v) is 5.78. The Morgan fingerprint density at radius 1 is 1.14 bits per heavy atom. The molecule has 0 saturated carbocycles. The van der Waals surface area contributed by atoms with E-state index < -0.39 is 0 Å². The molecule has 0 bridgehead atoms. The van der Waals surface area contributed by atoms with Gasteiger partial charge in [-0.05, 0) is 36.1 Å². The minimum Gasteiger partial charge on any atom is -0.484 e. The van der Waals surface area contributed by atoms with Crippen LogP contribution in [0.15, 0.2) is 48.5 Å². The van der Waals surface area contributed by atoms with E-state index in [-0.39, 0.29) is 12.5 Å². The zero-order valence-corrected chi connectivity index (χ0v) is 13.4. The summed E-state index contributed by atoms with van der Waals surface area (Å²) in [5.74, 6) is 1.06. The molecule has 0 heterocycles. The van der Waals surface area contributed by atoms with Crippen LogP contribution < -0.4 is 10.1 Å². The summed E-state index contributed by atoms with van der Waals surface area (Å²) in [6.45, 7) is 6.87. The van der Waals surface area contributed by atoms with Crippen LogP contribution in [0.5, 0.6) is 5.75 Å². The number of carbonyl (C=O) groups is 1. The van der Waals surface area contributed by atoms with Crippen molar-refractivity contribution in [2.45, 2.75) is 33.2 Å². The van der Waals surface area contributed by atoms with Gasteiger partial charge in [-0.3, -0.25) is 4.79 Å². The second-order valence-electron chi connectivity index (χ2n) is 5.78. The van der Waals surface area contributed by atoms with Crippen LogP contribution in [-0.4, -0.2) is 12.5 Å². The van der Waals surface area contributed by atoms with Gasteiger partial charge < -0.3 is 10.1 Å². The van der Waals surface area contributed by atoms with Crippen LogP contribution in [0.3, 0.4) is 0 Å². The molecule has 0 fully saturated rings. The molecule has 0 aliphatic rings. The maximum Gasteiger partial charge on any atom is 0.258 e. The Morgan fingerprint density at radius 3 is 2.55 bits per heavy atom. The molecule has 0 unspecified atom stereocenters. The molecule has 1 amide bonds. The van der Waals surface area contributed by atoms with Crippen molar-refractivity contribution in [2.24, 2.45) is 0 Å². The van der Waals surface area contributed by atoms with Crippen molar-refractivity contribution in [1.82, 2.24) is 5.32 Å². The largest absolute Gasteiger partial charge is 0.484 e. The van der Waals surface area contributed by atoms with Gasteiger partial charge in [-0.2, -0.15) is 0 Å². The summed E-state index contributed by atoms with van der Waals surface area (Å²) in [7, 11) is 0. The van der Waals surface area contributed by atoms with Gasteiger partial charge in [-0.15, -0.1) is 0 Å². The number of rotatable bonds is 6. The first-order chi connectivity index (χ1) is 10.5. The summed E-state index contributed by atoms with van der Waals surface area (Å²) in [5, 5.41) is 2.86. The number of amides is 1. The van der Waals surface area contributed by atoms with Crippen molar-refractivity contribution in [3.05, 3.63) is 65.2 Å². The number of hydrogen-bond acceptors (Lipinski definition) is 2. The van der Waals surface area contributed by atoms with Gasteiger partial charge in [0, 0.05) is 6.54 Å². The van der Waals surface area contributed by atoms with Crippen molar-refractivity contribution in [2.75, 3.05) is 6.61 Å². The van der Waals surface area contributed by atoms with Crippen LogP contribution in [0.25, 0.3) is 0 Å². The Labute approximate surface area is 132 Å². The fourth-order valence-electron chi connectivity index (χ4n) is 2.07. The summed E-state index contributed by atoms with van der Waals surface area (Å²) in [6, 6.07) is 16.0. The van der Waals surface area contributed by atoms with E-state index in [1.54, 1.807) is 0 Å². The van der Waals surface area contributed by atoms with E-state index in [9.17, 15) is 4.79 Å². The van der Waals surface area contributed by atoms with Gasteiger partial charge in [0.15, 0.2) is 6.61 Å². The zero-order valence-electron chi connectivity index (χ0n) is 13.4. The highest BCUT2D eigenvalue weighted by Gasteiger charge is 2.05. The van der Waals surface area contributed by atoms with Crippen LogP contribution in [0.1, 0.15) is 36.5 Å². The van der Waals surface area contributed by atoms with Crippen molar-refractivity contribution < 1.29 is 9.53 Å². The second kappa shape index (κ2) is 7.64. The molecule has 0 saturated heterocycles. The predicted octanol–water partition coefficient (Wildman–Crippen LogP) is 3.81. The lowest BCUT2D eigenvalue weighted by molar-refractivity contribution is -0.123. The molecular weight excluding hydrogens is 274 g/mol. The van der Waals surface area contributed by atoms with E-state index in [2.05, 4.69) is 25.2 Å². The molecule has 0 aliphatic carbocycles. The third-order valence-corrected chi connectivity index (χ3v) is 3.50. The first kappa shape index (κ1) is 16.1. The average molecular weight is 297 g/mol. The SMILES string of the molecule is Cc1ccc(CNC(=O)COc2cccc(C(C)C)c2)cc1. The highest BCUT2D eigenvalue weighted by molar-refractivity contribution is 5.77. The average Bonchev–Trinajstić information content (AvgIpc) is 2.52. The van der Waals surface area contributed by atoms with Crippen LogP contribution in [0, 0.1) is 6.92 Å². The van der Waals surface area contributed by atoms with E-state index in [0.29, 0.717) is 12.5 Å². The van der Waals surface area contributed by atoms with Crippen LogP contribution in [-0.2, 0) is 11.3 Å². The normalized spacial score (nSPS) is 10.5. The lowest BCUT2D eigenvalue weighted by atomic mass is 10.0. The summed E-state index contributed by atoms with van der Waals surface area (Å²) >= 11 is 0. The van der Waals surface area contributed by atoms with E-state index in [1.807, 2.05) is 49.4 Å². The van der Waals surface area contributed by atoms with Gasteiger partial charge in [-0.25, -0.2) is 0 Å². The van der Waals surface area contributed by atoms with Crippen molar-refractivity contribution >= 4 is 5.91 Å². The number of ether oxygens (including phenoxy) is 1.